The Morgan fingerprint density at radius 1 is 1.67 bits per heavy atom. The van der Waals surface area contributed by atoms with Crippen LogP contribution >= 0.6 is 0 Å². The van der Waals surface area contributed by atoms with Crippen LogP contribution in [0.3, 0.4) is 0 Å². The summed E-state index contributed by atoms with van der Waals surface area (Å²) < 4.78 is 0. The summed E-state index contributed by atoms with van der Waals surface area (Å²) >= 11 is 0. The lowest BCUT2D eigenvalue weighted by Gasteiger charge is -2.15. The monoisotopic (exact) mass is 127 g/mol. The minimum atomic E-state index is 0.287. The van der Waals surface area contributed by atoms with Gasteiger partial charge in [0.2, 0.25) is 0 Å². The van der Waals surface area contributed by atoms with E-state index in [1.54, 1.807) is 0 Å². The number of carbonyl (C=O) groups is 1. The van der Waals surface area contributed by atoms with Gasteiger partial charge < -0.3 is 9.69 Å². The maximum Gasteiger partial charge on any atom is 0.124 e. The number of hydrogen-bond acceptors (Lipinski definition) is 2. The van der Waals surface area contributed by atoms with E-state index < -0.39 is 0 Å². The molecule has 0 radical (unpaired) electrons. The van der Waals surface area contributed by atoms with E-state index in [9.17, 15) is 4.79 Å². The Bertz CT molecular complexity index is 113. The molecule has 0 N–H and O–H groups in total. The number of hydrogen-bond donors (Lipinski definition) is 0. The maximum atomic E-state index is 10.3. The van der Waals surface area contributed by atoms with Crippen molar-refractivity contribution in [3.8, 4) is 0 Å². The molecule has 0 aromatic rings. The number of aldehydes is 1. The molecule has 0 aliphatic carbocycles. The molecule has 1 aliphatic rings. The van der Waals surface area contributed by atoms with Gasteiger partial charge in [-0.15, -0.1) is 0 Å². The standard InChI is InChI=1S/C7H13NO/c1-6-7(5-9)3-4-8(6)2/h5-7H,3-4H2,1-2H3. The van der Waals surface area contributed by atoms with Crippen molar-refractivity contribution in [2.45, 2.75) is 19.4 Å². The molecule has 1 rings (SSSR count). The minimum absolute atomic E-state index is 0.287. The largest absolute Gasteiger partial charge is 0.303 e. The van der Waals surface area contributed by atoms with Crippen molar-refractivity contribution < 1.29 is 4.79 Å². The van der Waals surface area contributed by atoms with Gasteiger partial charge >= 0.3 is 0 Å². The van der Waals surface area contributed by atoms with Gasteiger partial charge in [0.05, 0.1) is 0 Å². The highest BCUT2D eigenvalue weighted by molar-refractivity contribution is 5.55. The highest BCUT2D eigenvalue weighted by atomic mass is 16.1. The van der Waals surface area contributed by atoms with Crippen molar-refractivity contribution in [3.05, 3.63) is 0 Å². The summed E-state index contributed by atoms with van der Waals surface area (Å²) in [4.78, 5) is 12.6. The van der Waals surface area contributed by atoms with Crippen LogP contribution in [-0.4, -0.2) is 30.8 Å². The summed E-state index contributed by atoms with van der Waals surface area (Å²) in [6.07, 6.45) is 2.12. The highest BCUT2D eigenvalue weighted by Crippen LogP contribution is 2.19. The first kappa shape index (κ1) is 6.75. The van der Waals surface area contributed by atoms with Crippen molar-refractivity contribution in [2.24, 2.45) is 5.92 Å². The van der Waals surface area contributed by atoms with E-state index in [2.05, 4.69) is 18.9 Å². The van der Waals surface area contributed by atoms with Crippen LogP contribution in [0.25, 0.3) is 0 Å². The van der Waals surface area contributed by atoms with Gasteiger partial charge in [-0.05, 0) is 26.9 Å². The van der Waals surface area contributed by atoms with E-state index in [-0.39, 0.29) is 5.92 Å². The van der Waals surface area contributed by atoms with Gasteiger partial charge in [-0.1, -0.05) is 0 Å². The van der Waals surface area contributed by atoms with Gasteiger partial charge in [0.25, 0.3) is 0 Å². The van der Waals surface area contributed by atoms with E-state index in [4.69, 9.17) is 0 Å². The molecular formula is C7H13NO. The summed E-state index contributed by atoms with van der Waals surface area (Å²) in [6.45, 7) is 3.18. The molecule has 52 valence electrons. The van der Waals surface area contributed by atoms with Gasteiger partial charge in [0, 0.05) is 12.0 Å². The molecule has 2 atom stereocenters. The molecule has 2 unspecified atom stereocenters. The Kier molecular flexibility index (Phi) is 1.86. The van der Waals surface area contributed by atoms with Crippen molar-refractivity contribution in [1.29, 1.82) is 0 Å². The van der Waals surface area contributed by atoms with Gasteiger partial charge in [0.1, 0.15) is 6.29 Å². The van der Waals surface area contributed by atoms with E-state index in [1.165, 1.54) is 0 Å². The summed E-state index contributed by atoms with van der Waals surface area (Å²) in [5, 5.41) is 0. The second-order valence-electron chi connectivity index (χ2n) is 2.81. The zero-order valence-electron chi connectivity index (χ0n) is 6.00. The molecular weight excluding hydrogens is 114 g/mol. The average Bonchev–Trinajstić information content (AvgIpc) is 2.15. The molecule has 9 heavy (non-hydrogen) atoms. The number of nitrogens with zero attached hydrogens (tertiary/aromatic N) is 1. The molecule has 2 nitrogen and oxygen atoms in total. The quantitative estimate of drug-likeness (QED) is 0.479. The van der Waals surface area contributed by atoms with Crippen LogP contribution in [0.4, 0.5) is 0 Å². The second kappa shape index (κ2) is 2.48. The third kappa shape index (κ3) is 1.13. The number of rotatable bonds is 1. The van der Waals surface area contributed by atoms with Gasteiger partial charge in [-0.2, -0.15) is 0 Å². The van der Waals surface area contributed by atoms with Gasteiger partial charge in [-0.25, -0.2) is 0 Å². The Morgan fingerprint density at radius 3 is 2.56 bits per heavy atom. The fourth-order valence-corrected chi connectivity index (χ4v) is 1.31. The fourth-order valence-electron chi connectivity index (χ4n) is 1.31. The van der Waals surface area contributed by atoms with E-state index in [1.807, 2.05) is 0 Å². The van der Waals surface area contributed by atoms with Crippen molar-refractivity contribution in [2.75, 3.05) is 13.6 Å². The number of likely N-dealkylation sites (tertiary alicyclic amines) is 1. The third-order valence-corrected chi connectivity index (χ3v) is 2.30. The molecule has 0 saturated carbocycles. The summed E-state index contributed by atoms with van der Waals surface area (Å²) in [7, 11) is 2.06. The van der Waals surface area contributed by atoms with Crippen molar-refractivity contribution >= 4 is 6.29 Å². The average molecular weight is 127 g/mol. The normalized spacial score (nSPS) is 37.1. The van der Waals surface area contributed by atoms with Crippen LogP contribution in [0.1, 0.15) is 13.3 Å². The van der Waals surface area contributed by atoms with Gasteiger partial charge in [0.15, 0.2) is 0 Å². The first-order valence-electron chi connectivity index (χ1n) is 3.41. The first-order valence-corrected chi connectivity index (χ1v) is 3.41. The van der Waals surface area contributed by atoms with Crippen LogP contribution in [0.2, 0.25) is 0 Å². The maximum absolute atomic E-state index is 10.3. The Hall–Kier alpha value is -0.370. The topological polar surface area (TPSA) is 20.3 Å². The Labute approximate surface area is 55.8 Å². The van der Waals surface area contributed by atoms with Crippen LogP contribution in [0.5, 0.6) is 0 Å². The van der Waals surface area contributed by atoms with E-state index in [0.717, 1.165) is 19.3 Å². The molecule has 0 bridgehead atoms. The predicted octanol–water partition coefficient (Wildman–Crippen LogP) is 0.526. The minimum Gasteiger partial charge on any atom is -0.303 e. The van der Waals surface area contributed by atoms with Crippen molar-refractivity contribution in [3.63, 3.8) is 0 Å². The van der Waals surface area contributed by atoms with Crippen LogP contribution in [0, 0.1) is 5.92 Å². The zero-order chi connectivity index (χ0) is 6.85. The van der Waals surface area contributed by atoms with E-state index in [0.29, 0.717) is 6.04 Å². The Balaban J connectivity index is 2.50. The van der Waals surface area contributed by atoms with E-state index >= 15 is 0 Å². The van der Waals surface area contributed by atoms with Crippen molar-refractivity contribution in [1.82, 2.24) is 4.90 Å². The first-order chi connectivity index (χ1) is 4.25. The van der Waals surface area contributed by atoms with Crippen LogP contribution in [-0.2, 0) is 4.79 Å². The Morgan fingerprint density at radius 2 is 2.33 bits per heavy atom. The van der Waals surface area contributed by atoms with Crippen LogP contribution < -0.4 is 0 Å². The van der Waals surface area contributed by atoms with Gasteiger partial charge in [-0.3, -0.25) is 0 Å². The SMILES string of the molecule is CC1C(C=O)CCN1C. The molecule has 0 spiro atoms. The molecule has 2 heteroatoms. The number of carbonyl (C=O) groups excluding carboxylic acids is 1. The molecule has 1 fully saturated rings. The molecule has 0 amide bonds. The third-order valence-electron chi connectivity index (χ3n) is 2.30. The predicted molar refractivity (Wildman–Crippen MR) is 36.3 cm³/mol. The van der Waals surface area contributed by atoms with Crippen LogP contribution in [0.15, 0.2) is 0 Å². The zero-order valence-corrected chi connectivity index (χ0v) is 6.00. The fraction of sp³-hybridized carbons (Fsp3) is 0.857. The molecule has 1 aliphatic heterocycles. The smallest absolute Gasteiger partial charge is 0.124 e. The lowest BCUT2D eigenvalue weighted by molar-refractivity contribution is -0.111. The summed E-state index contributed by atoms with van der Waals surface area (Å²) in [5.41, 5.74) is 0. The lowest BCUT2D eigenvalue weighted by Crippen LogP contribution is -2.26. The summed E-state index contributed by atoms with van der Waals surface area (Å²) in [5.74, 6) is 0.287. The second-order valence-corrected chi connectivity index (χ2v) is 2.81. The molecule has 1 heterocycles. The molecule has 0 aromatic carbocycles. The lowest BCUT2D eigenvalue weighted by atomic mass is 10.0. The summed E-state index contributed by atoms with van der Waals surface area (Å²) in [6, 6.07) is 0.461. The highest BCUT2D eigenvalue weighted by Gasteiger charge is 2.26. The molecule has 1 saturated heterocycles. The molecule has 0 aromatic heterocycles.